The second-order valence-corrected chi connectivity index (χ2v) is 7.39. The third-order valence-electron chi connectivity index (χ3n) is 3.55. The maximum absolute atomic E-state index is 12.3. The largest absolute Gasteiger partial charge is 0.478 e. The van der Waals surface area contributed by atoms with E-state index in [2.05, 4.69) is 32.9 Å². The Balaban J connectivity index is 2.07. The molecule has 2 rings (SSSR count). The average molecular weight is 328 g/mol. The second-order valence-electron chi connectivity index (χ2n) is 6.34. The van der Waals surface area contributed by atoms with E-state index in [1.165, 1.54) is 23.4 Å². The molecular formula is C19H20O3S. The molecule has 0 radical (unpaired) electrons. The number of aromatic carboxylic acids is 1. The van der Waals surface area contributed by atoms with Crippen molar-refractivity contribution in [3.05, 3.63) is 65.2 Å². The molecule has 0 saturated heterocycles. The maximum Gasteiger partial charge on any atom is 0.336 e. The molecule has 0 heterocycles. The number of carboxylic acid groups (broad SMARTS) is 1. The predicted octanol–water partition coefficient (Wildman–Crippen LogP) is 4.66. The summed E-state index contributed by atoms with van der Waals surface area (Å²) in [7, 11) is 0. The van der Waals surface area contributed by atoms with E-state index in [-0.39, 0.29) is 28.1 Å². The van der Waals surface area contributed by atoms with Crippen molar-refractivity contribution in [1.29, 1.82) is 0 Å². The first kappa shape index (κ1) is 17.3. The van der Waals surface area contributed by atoms with Crippen molar-refractivity contribution in [3.8, 4) is 0 Å². The Morgan fingerprint density at radius 1 is 0.957 bits per heavy atom. The number of carboxylic acids is 1. The molecule has 120 valence electrons. The molecule has 0 spiro atoms. The monoisotopic (exact) mass is 328 g/mol. The fraction of sp³-hybridized carbons (Fsp3) is 0.263. The van der Waals surface area contributed by atoms with Gasteiger partial charge in [0.1, 0.15) is 0 Å². The van der Waals surface area contributed by atoms with Crippen LogP contribution in [0.4, 0.5) is 0 Å². The Kier molecular flexibility index (Phi) is 5.26. The minimum Gasteiger partial charge on any atom is -0.478 e. The zero-order valence-electron chi connectivity index (χ0n) is 13.5. The summed E-state index contributed by atoms with van der Waals surface area (Å²) in [6.07, 6.45) is 0. The van der Waals surface area contributed by atoms with Gasteiger partial charge in [-0.3, -0.25) is 4.79 Å². The second kappa shape index (κ2) is 7.01. The predicted molar refractivity (Wildman–Crippen MR) is 93.6 cm³/mol. The van der Waals surface area contributed by atoms with Crippen molar-refractivity contribution in [1.82, 2.24) is 0 Å². The zero-order valence-corrected chi connectivity index (χ0v) is 14.3. The van der Waals surface area contributed by atoms with Gasteiger partial charge in [-0.25, -0.2) is 4.79 Å². The molecule has 0 bridgehead atoms. The summed E-state index contributed by atoms with van der Waals surface area (Å²) in [4.78, 5) is 24.5. The molecule has 2 aromatic carbocycles. The summed E-state index contributed by atoms with van der Waals surface area (Å²) in [5.41, 5.74) is 1.66. The van der Waals surface area contributed by atoms with E-state index < -0.39 is 5.97 Å². The third-order valence-corrected chi connectivity index (χ3v) is 4.56. The molecule has 0 atom stereocenters. The lowest BCUT2D eigenvalue weighted by atomic mass is 9.87. The number of hydrogen-bond acceptors (Lipinski definition) is 3. The van der Waals surface area contributed by atoms with Gasteiger partial charge in [-0.15, -0.1) is 11.8 Å². The van der Waals surface area contributed by atoms with E-state index in [1.54, 1.807) is 18.2 Å². The molecule has 0 saturated carbocycles. The molecule has 0 aliphatic heterocycles. The highest BCUT2D eigenvalue weighted by molar-refractivity contribution is 8.00. The number of thioether (sulfide) groups is 1. The van der Waals surface area contributed by atoms with Crippen molar-refractivity contribution in [2.24, 2.45) is 0 Å². The highest BCUT2D eigenvalue weighted by Gasteiger charge is 2.16. The van der Waals surface area contributed by atoms with E-state index in [0.29, 0.717) is 0 Å². The lowest BCUT2D eigenvalue weighted by Gasteiger charge is -2.19. The Morgan fingerprint density at radius 2 is 1.52 bits per heavy atom. The maximum atomic E-state index is 12.3. The lowest BCUT2D eigenvalue weighted by Crippen LogP contribution is -2.11. The highest BCUT2D eigenvalue weighted by atomic mass is 32.2. The number of carbonyl (C=O) groups excluding carboxylic acids is 1. The minimum absolute atomic E-state index is 0.0566. The van der Waals surface area contributed by atoms with Crippen LogP contribution in [0.5, 0.6) is 0 Å². The van der Waals surface area contributed by atoms with E-state index >= 15 is 0 Å². The molecule has 2 aromatic rings. The first-order valence-electron chi connectivity index (χ1n) is 7.38. The van der Waals surface area contributed by atoms with Crippen LogP contribution in [-0.2, 0) is 5.41 Å². The standard InChI is InChI=1S/C19H20O3S/c1-19(2,3)13-8-10-14(11-9-13)23-12-17(20)15-6-4-5-7-16(15)18(21)22/h4-11H,12H2,1-3H3,(H,21,22). The number of Topliss-reactive ketones (excluding diaryl/α,β-unsaturated/α-hetero) is 1. The molecule has 0 fully saturated rings. The summed E-state index contributed by atoms with van der Waals surface area (Å²) in [6, 6.07) is 14.5. The van der Waals surface area contributed by atoms with E-state index in [9.17, 15) is 9.59 Å². The van der Waals surface area contributed by atoms with E-state index in [0.717, 1.165) is 4.90 Å². The average Bonchev–Trinajstić information content (AvgIpc) is 2.52. The quantitative estimate of drug-likeness (QED) is 0.641. The number of hydrogen-bond donors (Lipinski definition) is 1. The van der Waals surface area contributed by atoms with E-state index in [4.69, 9.17) is 5.11 Å². The van der Waals surface area contributed by atoms with Gasteiger partial charge in [0.15, 0.2) is 5.78 Å². The molecule has 23 heavy (non-hydrogen) atoms. The van der Waals surface area contributed by atoms with Crippen molar-refractivity contribution in [2.75, 3.05) is 5.75 Å². The van der Waals surface area contributed by atoms with Crippen LogP contribution in [0.3, 0.4) is 0 Å². The van der Waals surface area contributed by atoms with Crippen LogP contribution in [0.15, 0.2) is 53.4 Å². The van der Waals surface area contributed by atoms with Crippen molar-refractivity contribution in [3.63, 3.8) is 0 Å². The summed E-state index contributed by atoms with van der Waals surface area (Å²) in [5.74, 6) is -1.03. The van der Waals surface area contributed by atoms with Crippen LogP contribution in [0.1, 0.15) is 47.1 Å². The molecule has 0 aliphatic carbocycles. The van der Waals surface area contributed by atoms with Gasteiger partial charge in [-0.05, 0) is 29.2 Å². The Labute approximate surface area is 140 Å². The van der Waals surface area contributed by atoms with Gasteiger partial charge in [0.25, 0.3) is 0 Å². The molecule has 0 aromatic heterocycles. The van der Waals surface area contributed by atoms with Crippen LogP contribution in [0, 0.1) is 0 Å². The van der Waals surface area contributed by atoms with Crippen LogP contribution in [0.25, 0.3) is 0 Å². The summed E-state index contributed by atoms with van der Waals surface area (Å²) < 4.78 is 0. The SMILES string of the molecule is CC(C)(C)c1ccc(SCC(=O)c2ccccc2C(=O)O)cc1. The lowest BCUT2D eigenvalue weighted by molar-refractivity contribution is 0.0692. The van der Waals surface area contributed by atoms with E-state index in [1.807, 2.05) is 12.1 Å². The van der Waals surface area contributed by atoms with Gasteiger partial charge in [0.05, 0.1) is 11.3 Å². The van der Waals surface area contributed by atoms with Crippen LogP contribution < -0.4 is 0 Å². The third kappa shape index (κ3) is 4.45. The van der Waals surface area contributed by atoms with Crippen molar-refractivity contribution < 1.29 is 14.7 Å². The van der Waals surface area contributed by atoms with Crippen molar-refractivity contribution in [2.45, 2.75) is 31.1 Å². The van der Waals surface area contributed by atoms with Gasteiger partial charge < -0.3 is 5.11 Å². The first-order chi connectivity index (χ1) is 10.8. The number of carbonyl (C=O) groups is 2. The number of rotatable bonds is 5. The number of ketones is 1. The number of benzene rings is 2. The van der Waals surface area contributed by atoms with Crippen LogP contribution in [-0.4, -0.2) is 22.6 Å². The fourth-order valence-corrected chi connectivity index (χ4v) is 2.97. The topological polar surface area (TPSA) is 54.4 Å². The van der Waals surface area contributed by atoms with Gasteiger partial charge in [-0.1, -0.05) is 51.1 Å². The summed E-state index contributed by atoms with van der Waals surface area (Å²) in [6.45, 7) is 6.46. The smallest absolute Gasteiger partial charge is 0.336 e. The van der Waals surface area contributed by atoms with Crippen molar-refractivity contribution >= 4 is 23.5 Å². The Morgan fingerprint density at radius 3 is 2.04 bits per heavy atom. The van der Waals surface area contributed by atoms with Gasteiger partial charge in [-0.2, -0.15) is 0 Å². The zero-order chi connectivity index (χ0) is 17.0. The molecule has 3 nitrogen and oxygen atoms in total. The summed E-state index contributed by atoms with van der Waals surface area (Å²) in [5, 5.41) is 9.15. The fourth-order valence-electron chi connectivity index (χ4n) is 2.19. The minimum atomic E-state index is -1.08. The van der Waals surface area contributed by atoms with Gasteiger partial charge >= 0.3 is 5.97 Å². The first-order valence-corrected chi connectivity index (χ1v) is 8.36. The molecule has 0 amide bonds. The molecular weight excluding hydrogens is 308 g/mol. The van der Waals surface area contributed by atoms with Gasteiger partial charge in [0, 0.05) is 10.5 Å². The molecule has 1 N–H and O–H groups in total. The van der Waals surface area contributed by atoms with Crippen LogP contribution >= 0.6 is 11.8 Å². The van der Waals surface area contributed by atoms with Crippen LogP contribution in [0.2, 0.25) is 0 Å². The normalized spacial score (nSPS) is 11.3. The van der Waals surface area contributed by atoms with Gasteiger partial charge in [0.2, 0.25) is 0 Å². The summed E-state index contributed by atoms with van der Waals surface area (Å²) >= 11 is 1.42. The molecule has 0 aliphatic rings. The Bertz CT molecular complexity index is 712. The molecule has 0 unspecified atom stereocenters. The molecule has 4 heteroatoms. The Hall–Kier alpha value is -2.07. The highest BCUT2D eigenvalue weighted by Crippen LogP contribution is 2.26.